The SMILES string of the molecule is CCN(CCC(=O)NC(Cc1ccc(F)cc1)B(O)O)C(=O)c1ccc(C(F)(F)F)cc1. The molecule has 1 atom stereocenters. The largest absolute Gasteiger partial charge is 0.475 e. The number of nitrogens with one attached hydrogen (secondary N) is 1. The molecule has 1 unspecified atom stereocenters. The van der Waals surface area contributed by atoms with E-state index in [1.54, 1.807) is 6.92 Å². The number of hydrogen-bond acceptors (Lipinski definition) is 4. The summed E-state index contributed by atoms with van der Waals surface area (Å²) < 4.78 is 51.0. The minimum atomic E-state index is -4.51. The Balaban J connectivity index is 1.94. The highest BCUT2D eigenvalue weighted by atomic mass is 19.4. The molecule has 0 heterocycles. The summed E-state index contributed by atoms with van der Waals surface area (Å²) in [6.07, 6.45) is -4.62. The third-order valence-corrected chi connectivity index (χ3v) is 4.81. The number of carbonyl (C=O) groups is 2. The minimum absolute atomic E-state index is 0.0209. The van der Waals surface area contributed by atoms with E-state index in [1.165, 1.54) is 29.2 Å². The number of alkyl halides is 3. The predicted octanol–water partition coefficient (Wildman–Crippen LogP) is 2.44. The summed E-state index contributed by atoms with van der Waals surface area (Å²) in [7, 11) is -1.86. The van der Waals surface area contributed by atoms with Crippen LogP contribution in [0, 0.1) is 5.82 Å². The summed E-state index contributed by atoms with van der Waals surface area (Å²) in [6.45, 7) is 1.86. The monoisotopic (exact) mass is 454 g/mol. The van der Waals surface area contributed by atoms with Crippen molar-refractivity contribution in [3.63, 3.8) is 0 Å². The fourth-order valence-electron chi connectivity index (χ4n) is 3.01. The molecule has 0 aliphatic carbocycles. The Labute approximate surface area is 183 Å². The molecule has 6 nitrogen and oxygen atoms in total. The average molecular weight is 454 g/mol. The molecule has 0 saturated heterocycles. The van der Waals surface area contributed by atoms with Crippen molar-refractivity contribution >= 4 is 18.9 Å². The summed E-state index contributed by atoms with van der Waals surface area (Å²) >= 11 is 0. The van der Waals surface area contributed by atoms with Crippen molar-refractivity contribution in [3.8, 4) is 0 Å². The van der Waals surface area contributed by atoms with Gasteiger partial charge in [0.05, 0.1) is 11.5 Å². The van der Waals surface area contributed by atoms with Crippen LogP contribution in [0.15, 0.2) is 48.5 Å². The van der Waals surface area contributed by atoms with E-state index in [4.69, 9.17) is 0 Å². The van der Waals surface area contributed by atoms with Crippen LogP contribution in [0.1, 0.15) is 34.8 Å². The molecule has 0 bridgehead atoms. The van der Waals surface area contributed by atoms with E-state index in [0.29, 0.717) is 5.56 Å². The van der Waals surface area contributed by atoms with Crippen molar-refractivity contribution in [1.29, 1.82) is 0 Å². The van der Waals surface area contributed by atoms with E-state index in [0.717, 1.165) is 24.3 Å². The minimum Gasteiger partial charge on any atom is -0.426 e. The molecule has 0 aliphatic rings. The number of amides is 2. The van der Waals surface area contributed by atoms with E-state index in [-0.39, 0.29) is 31.5 Å². The molecule has 2 aromatic carbocycles. The smallest absolute Gasteiger partial charge is 0.426 e. The number of benzene rings is 2. The van der Waals surface area contributed by atoms with Gasteiger partial charge in [0.25, 0.3) is 5.91 Å². The van der Waals surface area contributed by atoms with Crippen molar-refractivity contribution in [2.45, 2.75) is 31.9 Å². The van der Waals surface area contributed by atoms with Gasteiger partial charge in [-0.2, -0.15) is 13.2 Å². The van der Waals surface area contributed by atoms with Gasteiger partial charge in [-0.05, 0) is 55.3 Å². The highest BCUT2D eigenvalue weighted by Crippen LogP contribution is 2.29. The number of rotatable bonds is 9. The Morgan fingerprint density at radius 1 is 1.06 bits per heavy atom. The molecule has 0 aromatic heterocycles. The normalized spacial score (nSPS) is 12.2. The molecule has 11 heteroatoms. The van der Waals surface area contributed by atoms with E-state index >= 15 is 0 Å². The molecule has 32 heavy (non-hydrogen) atoms. The summed E-state index contributed by atoms with van der Waals surface area (Å²) in [5.74, 6) is -2.58. The maximum absolute atomic E-state index is 13.0. The Kier molecular flexibility index (Phi) is 8.79. The molecular weight excluding hydrogens is 431 g/mol. The van der Waals surface area contributed by atoms with Gasteiger partial charge in [-0.1, -0.05) is 12.1 Å². The standard InChI is InChI=1S/C21H23BF4N2O4/c1-2-28(20(30)15-5-7-16(8-6-15)21(24,25)26)12-11-19(29)27-18(22(31)32)13-14-3-9-17(23)10-4-14/h3-10,18,31-32H,2,11-13H2,1H3,(H,27,29). The highest BCUT2D eigenvalue weighted by Gasteiger charge is 2.30. The maximum atomic E-state index is 13.0. The molecule has 2 rings (SSSR count). The molecule has 2 aromatic rings. The lowest BCUT2D eigenvalue weighted by Crippen LogP contribution is -2.48. The Morgan fingerprint density at radius 2 is 1.66 bits per heavy atom. The lowest BCUT2D eigenvalue weighted by molar-refractivity contribution is -0.137. The number of carbonyl (C=O) groups excluding carboxylic acids is 2. The van der Waals surface area contributed by atoms with Crippen LogP contribution in [0.2, 0.25) is 0 Å². The van der Waals surface area contributed by atoms with Crippen molar-refractivity contribution < 1.29 is 37.2 Å². The molecule has 172 valence electrons. The van der Waals surface area contributed by atoms with Crippen molar-refractivity contribution in [2.24, 2.45) is 0 Å². The molecule has 2 amide bonds. The molecule has 0 radical (unpaired) electrons. The molecule has 0 spiro atoms. The van der Waals surface area contributed by atoms with Gasteiger partial charge in [-0.25, -0.2) is 4.39 Å². The van der Waals surface area contributed by atoms with Crippen LogP contribution in [0.4, 0.5) is 17.6 Å². The van der Waals surface area contributed by atoms with Gasteiger partial charge in [0, 0.05) is 25.1 Å². The van der Waals surface area contributed by atoms with Crippen LogP contribution in [-0.2, 0) is 17.4 Å². The highest BCUT2D eigenvalue weighted by molar-refractivity contribution is 6.43. The lowest BCUT2D eigenvalue weighted by atomic mass is 9.76. The second-order valence-electron chi connectivity index (χ2n) is 7.13. The van der Waals surface area contributed by atoms with Gasteiger partial charge in [-0.15, -0.1) is 0 Å². The van der Waals surface area contributed by atoms with Gasteiger partial charge in [0.1, 0.15) is 5.82 Å². The van der Waals surface area contributed by atoms with E-state index < -0.39 is 42.4 Å². The van der Waals surface area contributed by atoms with Crippen LogP contribution in [0.3, 0.4) is 0 Å². The maximum Gasteiger partial charge on any atom is 0.475 e. The molecule has 3 N–H and O–H groups in total. The first-order valence-electron chi connectivity index (χ1n) is 9.87. The van der Waals surface area contributed by atoms with Crippen molar-refractivity contribution in [1.82, 2.24) is 10.2 Å². The van der Waals surface area contributed by atoms with Gasteiger partial charge in [0.15, 0.2) is 0 Å². The first kappa shape index (κ1) is 25.3. The van der Waals surface area contributed by atoms with Crippen LogP contribution in [0.5, 0.6) is 0 Å². The third kappa shape index (κ3) is 7.35. The van der Waals surface area contributed by atoms with Crippen LogP contribution < -0.4 is 5.32 Å². The zero-order valence-electron chi connectivity index (χ0n) is 17.3. The summed E-state index contributed by atoms with van der Waals surface area (Å²) in [5.41, 5.74) is -0.232. The number of halogens is 4. The van der Waals surface area contributed by atoms with Gasteiger partial charge in [0.2, 0.25) is 5.91 Å². The quantitative estimate of drug-likeness (QED) is 0.401. The number of hydrogen-bond donors (Lipinski definition) is 3. The summed E-state index contributed by atoms with van der Waals surface area (Å²) in [4.78, 5) is 26.1. The van der Waals surface area contributed by atoms with Gasteiger partial charge < -0.3 is 20.3 Å². The van der Waals surface area contributed by atoms with Gasteiger partial charge in [-0.3, -0.25) is 9.59 Å². The molecule has 0 aliphatic heterocycles. The summed E-state index contributed by atoms with van der Waals surface area (Å²) in [6, 6.07) is 9.13. The van der Waals surface area contributed by atoms with Crippen molar-refractivity contribution in [3.05, 3.63) is 71.0 Å². The lowest BCUT2D eigenvalue weighted by Gasteiger charge is -2.22. The third-order valence-electron chi connectivity index (χ3n) is 4.81. The molecular formula is C21H23BF4N2O4. The van der Waals surface area contributed by atoms with Gasteiger partial charge >= 0.3 is 13.3 Å². The van der Waals surface area contributed by atoms with Crippen molar-refractivity contribution in [2.75, 3.05) is 13.1 Å². The Hall–Kier alpha value is -2.92. The second kappa shape index (κ2) is 11.1. The fourth-order valence-corrected chi connectivity index (χ4v) is 3.01. The topological polar surface area (TPSA) is 89.9 Å². The fraction of sp³-hybridized carbons (Fsp3) is 0.333. The average Bonchev–Trinajstić information content (AvgIpc) is 2.74. The van der Waals surface area contributed by atoms with Crippen LogP contribution in [-0.4, -0.2) is 52.9 Å². The first-order valence-corrected chi connectivity index (χ1v) is 9.87. The van der Waals surface area contributed by atoms with Crippen LogP contribution in [0.25, 0.3) is 0 Å². The number of nitrogens with zero attached hydrogens (tertiary/aromatic N) is 1. The van der Waals surface area contributed by atoms with E-state index in [9.17, 15) is 37.2 Å². The first-order chi connectivity index (χ1) is 15.0. The zero-order chi connectivity index (χ0) is 23.9. The van der Waals surface area contributed by atoms with Crippen LogP contribution >= 0.6 is 0 Å². The van der Waals surface area contributed by atoms with E-state index in [2.05, 4.69) is 5.32 Å². The Bertz CT molecular complexity index is 906. The second-order valence-corrected chi connectivity index (χ2v) is 7.13. The predicted molar refractivity (Wildman–Crippen MR) is 110 cm³/mol. The zero-order valence-corrected chi connectivity index (χ0v) is 17.3. The summed E-state index contributed by atoms with van der Waals surface area (Å²) in [5, 5.41) is 21.5. The molecule has 0 fully saturated rings. The van der Waals surface area contributed by atoms with E-state index in [1.807, 2.05) is 0 Å². The molecule has 0 saturated carbocycles. The Morgan fingerprint density at radius 3 is 2.16 bits per heavy atom.